The first-order chi connectivity index (χ1) is 7.22. The van der Waals surface area contributed by atoms with Crippen molar-refractivity contribution in [3.05, 3.63) is 18.5 Å². The number of carbonyl (C=O) groups is 3. The van der Waals surface area contributed by atoms with Crippen LogP contribution in [0.2, 0.25) is 0 Å². The van der Waals surface area contributed by atoms with Crippen molar-refractivity contribution in [2.45, 2.75) is 0 Å². The molecule has 9 nitrogen and oxygen atoms in total. The number of nitrogens with one attached hydrogen (secondary N) is 1. The molecule has 0 atom stereocenters. The van der Waals surface area contributed by atoms with Gasteiger partial charge in [0.15, 0.2) is 0 Å². The van der Waals surface area contributed by atoms with Crippen LogP contribution in [0.25, 0.3) is 0 Å². The monoisotopic (exact) mass is 208 g/mol. The summed E-state index contributed by atoms with van der Waals surface area (Å²) in [6, 6.07) is 1.72. The molecule has 2 rings (SSSR count). The van der Waals surface area contributed by atoms with Gasteiger partial charge in [-0.05, 0) is 11.3 Å². The molecule has 2 heterocycles. The van der Waals surface area contributed by atoms with Crippen molar-refractivity contribution in [1.82, 2.24) is 20.8 Å². The fraction of sp³-hybridized carbons (Fsp3) is 0. The summed E-state index contributed by atoms with van der Waals surface area (Å²) < 4.78 is 0. The summed E-state index contributed by atoms with van der Waals surface area (Å²) in [6.07, 6.45) is 3.15. The van der Waals surface area contributed by atoms with E-state index in [2.05, 4.69) is 25.7 Å². The zero-order valence-electron chi connectivity index (χ0n) is 7.19. The minimum Gasteiger partial charge on any atom is -0.277 e. The van der Waals surface area contributed by atoms with Gasteiger partial charge in [-0.1, -0.05) is 10.3 Å². The van der Waals surface area contributed by atoms with Gasteiger partial charge in [-0.25, -0.2) is 5.43 Å². The maximum Gasteiger partial charge on any atom is 0.343 e. The highest BCUT2D eigenvalue weighted by Crippen LogP contribution is 1.87. The Bertz CT molecular complexity index is 376. The second kappa shape index (κ2) is 5.21. The van der Waals surface area contributed by atoms with E-state index in [0.717, 1.165) is 0 Å². The number of nitrogens with zero attached hydrogens (tertiary/aromatic N) is 5. The lowest BCUT2D eigenvalue weighted by Crippen LogP contribution is -2.35. The van der Waals surface area contributed by atoms with E-state index in [4.69, 9.17) is 0 Å². The van der Waals surface area contributed by atoms with Gasteiger partial charge >= 0.3 is 17.6 Å². The minimum atomic E-state index is -1.18. The number of rotatable bonds is 0. The summed E-state index contributed by atoms with van der Waals surface area (Å²) >= 11 is 0. The molecule has 1 aromatic heterocycles. The van der Waals surface area contributed by atoms with Crippen LogP contribution in [0.15, 0.2) is 28.8 Å². The average Bonchev–Trinajstić information content (AvgIpc) is 2.29. The molecule has 0 saturated carbocycles. The zero-order valence-corrected chi connectivity index (χ0v) is 7.19. The van der Waals surface area contributed by atoms with Crippen molar-refractivity contribution in [2.24, 2.45) is 10.3 Å². The van der Waals surface area contributed by atoms with Gasteiger partial charge in [0, 0.05) is 0 Å². The maximum absolute atomic E-state index is 10.2. The van der Waals surface area contributed by atoms with E-state index in [0.29, 0.717) is 0 Å². The number of Topliss-reactive ketones (excluding diaryl/α,β-unsaturated/α-hetero) is 1. The summed E-state index contributed by atoms with van der Waals surface area (Å²) in [5.74, 6) is -3.33. The van der Waals surface area contributed by atoms with Crippen molar-refractivity contribution in [3.8, 4) is 0 Å². The fourth-order valence-electron chi connectivity index (χ4n) is 0.514. The van der Waals surface area contributed by atoms with Crippen molar-refractivity contribution < 1.29 is 14.4 Å². The molecular formula is C6H4N6O3. The van der Waals surface area contributed by atoms with Crippen LogP contribution < -0.4 is 5.43 Å². The van der Waals surface area contributed by atoms with Crippen molar-refractivity contribution in [3.63, 3.8) is 0 Å². The first-order valence-electron chi connectivity index (χ1n) is 3.59. The van der Waals surface area contributed by atoms with E-state index >= 15 is 0 Å². The molecular weight excluding hydrogens is 204 g/mol. The third-order valence-corrected chi connectivity index (χ3v) is 1.10. The second-order valence-corrected chi connectivity index (χ2v) is 2.09. The summed E-state index contributed by atoms with van der Waals surface area (Å²) in [4.78, 5) is 30.5. The molecule has 9 heteroatoms. The summed E-state index contributed by atoms with van der Waals surface area (Å²) in [5.41, 5.74) is 1.71. The summed E-state index contributed by atoms with van der Waals surface area (Å²) in [5, 5.41) is 15.7. The first kappa shape index (κ1) is 10.5. The first-order valence-corrected chi connectivity index (χ1v) is 3.59. The van der Waals surface area contributed by atoms with Crippen molar-refractivity contribution in [2.75, 3.05) is 0 Å². The molecule has 1 aromatic rings. The Hall–Kier alpha value is -2.58. The number of hydrogen-bond acceptors (Lipinski definition) is 7. The molecule has 0 unspecified atom stereocenters. The van der Waals surface area contributed by atoms with Crippen LogP contribution >= 0.6 is 0 Å². The van der Waals surface area contributed by atoms with E-state index in [1.54, 1.807) is 23.9 Å². The van der Waals surface area contributed by atoms with Crippen LogP contribution in [-0.4, -0.2) is 33.0 Å². The molecule has 0 aliphatic carbocycles. The molecule has 1 aliphatic rings. The van der Waals surface area contributed by atoms with Gasteiger partial charge in [0.2, 0.25) is 0 Å². The number of aromatic nitrogens is 3. The quantitative estimate of drug-likeness (QED) is 0.514. The van der Waals surface area contributed by atoms with E-state index in [1.807, 2.05) is 0 Å². The van der Waals surface area contributed by atoms with Crippen LogP contribution in [0.4, 0.5) is 0 Å². The molecule has 15 heavy (non-hydrogen) atoms. The molecule has 0 fully saturated rings. The van der Waals surface area contributed by atoms with Gasteiger partial charge in [-0.3, -0.25) is 14.4 Å². The van der Waals surface area contributed by atoms with Crippen LogP contribution in [-0.2, 0) is 14.4 Å². The fourth-order valence-corrected chi connectivity index (χ4v) is 0.514. The average molecular weight is 208 g/mol. The summed E-state index contributed by atoms with van der Waals surface area (Å²) in [7, 11) is 0. The Morgan fingerprint density at radius 2 is 1.73 bits per heavy atom. The normalized spacial score (nSPS) is 14.0. The Balaban J connectivity index is 0.000000162. The predicted octanol–water partition coefficient (Wildman–Crippen LogP) is -1.55. The van der Waals surface area contributed by atoms with Crippen LogP contribution in [0.1, 0.15) is 0 Å². The Morgan fingerprint density at radius 3 is 2.07 bits per heavy atom. The van der Waals surface area contributed by atoms with E-state index in [9.17, 15) is 14.4 Å². The highest BCUT2D eigenvalue weighted by atomic mass is 16.2. The van der Waals surface area contributed by atoms with E-state index in [1.165, 1.54) is 0 Å². The molecule has 0 saturated heterocycles. The second-order valence-electron chi connectivity index (χ2n) is 2.09. The zero-order chi connectivity index (χ0) is 11.1. The largest absolute Gasteiger partial charge is 0.343 e. The van der Waals surface area contributed by atoms with Gasteiger partial charge in [-0.2, -0.15) is 0 Å². The van der Waals surface area contributed by atoms with Gasteiger partial charge in [0.05, 0.1) is 12.4 Å². The Kier molecular flexibility index (Phi) is 3.65. The molecule has 1 aliphatic heterocycles. The third kappa shape index (κ3) is 3.34. The molecule has 1 N–H and O–H groups in total. The molecule has 0 spiro atoms. The van der Waals surface area contributed by atoms with Crippen molar-refractivity contribution in [1.29, 1.82) is 0 Å². The highest BCUT2D eigenvalue weighted by Gasteiger charge is 2.25. The van der Waals surface area contributed by atoms with Gasteiger partial charge in [0.1, 0.15) is 0 Å². The predicted molar refractivity (Wildman–Crippen MR) is 42.8 cm³/mol. The number of amides is 2. The topological polar surface area (TPSA) is 127 Å². The van der Waals surface area contributed by atoms with Crippen LogP contribution in [0.3, 0.4) is 0 Å². The maximum atomic E-state index is 10.2. The lowest BCUT2D eigenvalue weighted by atomic mass is 10.3. The van der Waals surface area contributed by atoms with E-state index in [-0.39, 0.29) is 0 Å². The van der Waals surface area contributed by atoms with Gasteiger partial charge in [0.25, 0.3) is 0 Å². The van der Waals surface area contributed by atoms with Gasteiger partial charge in [-0.15, -0.1) is 10.2 Å². The number of carbonyl (C=O) groups excluding carboxylic acids is 3. The highest BCUT2D eigenvalue weighted by molar-refractivity contribution is 6.63. The Labute approximate surface area is 82.6 Å². The number of hydrogen-bond donors (Lipinski definition) is 1. The SMILES string of the molecule is O=C1N=NNC(=O)C1=O.c1cnnnc1. The molecule has 76 valence electrons. The summed E-state index contributed by atoms with van der Waals surface area (Å²) in [6.45, 7) is 0. The lowest BCUT2D eigenvalue weighted by molar-refractivity contribution is -0.146. The minimum absolute atomic E-state index is 1.03. The lowest BCUT2D eigenvalue weighted by Gasteiger charge is -1.96. The smallest absolute Gasteiger partial charge is 0.277 e. The van der Waals surface area contributed by atoms with Crippen molar-refractivity contribution >= 4 is 17.6 Å². The third-order valence-electron chi connectivity index (χ3n) is 1.10. The van der Waals surface area contributed by atoms with Crippen LogP contribution in [0, 0.1) is 0 Å². The molecule has 2 amide bonds. The molecule has 0 radical (unpaired) electrons. The van der Waals surface area contributed by atoms with E-state index < -0.39 is 17.6 Å². The van der Waals surface area contributed by atoms with Gasteiger partial charge < -0.3 is 0 Å². The Morgan fingerprint density at radius 1 is 1.07 bits per heavy atom. The van der Waals surface area contributed by atoms with Crippen LogP contribution in [0.5, 0.6) is 0 Å². The number of ketones is 1. The molecule has 0 bridgehead atoms. The molecule has 0 aromatic carbocycles. The standard InChI is InChI=1S/C3HN3O3.C3H3N3/c7-1-2(8)4-6-5-3(1)9;1-2-4-6-5-3-1/h(H,4,5,8,9);1-3H.